The van der Waals surface area contributed by atoms with Gasteiger partial charge in [-0.2, -0.15) is 0 Å². The highest BCUT2D eigenvalue weighted by molar-refractivity contribution is 5.78. The zero-order chi connectivity index (χ0) is 21.5. The summed E-state index contributed by atoms with van der Waals surface area (Å²) in [6.07, 6.45) is 5.72. The number of benzene rings is 2. The third kappa shape index (κ3) is 6.62. The summed E-state index contributed by atoms with van der Waals surface area (Å²) < 4.78 is 13.1. The molecule has 2 aromatic carbocycles. The Bertz CT molecular complexity index is 840. The molecule has 0 radical (unpaired) electrons. The molecule has 166 valence electrons. The fourth-order valence-corrected chi connectivity index (χ4v) is 4.75. The number of rotatable bonds is 7. The summed E-state index contributed by atoms with van der Waals surface area (Å²) in [6, 6.07) is 15.3. The van der Waals surface area contributed by atoms with Crippen LogP contribution < -0.4 is 5.32 Å². The Kier molecular flexibility index (Phi) is 7.71. The standard InChI is InChI=1S/C26H34FN3O/c27-25-9-7-21(8-10-25)19-30-15-11-24(12-16-30)26(31)28-18-22-5-4-6-23(17-22)20-29-13-2-1-3-14-29/h4-10,17,24H,1-3,11-16,18-20H2,(H,28,31). The molecule has 1 N–H and O–H groups in total. The number of hydrogen-bond donors (Lipinski definition) is 1. The minimum absolute atomic E-state index is 0.0843. The van der Waals surface area contributed by atoms with Crippen LogP contribution in [0.1, 0.15) is 48.8 Å². The Morgan fingerprint density at radius 1 is 0.839 bits per heavy atom. The van der Waals surface area contributed by atoms with Crippen molar-refractivity contribution in [3.05, 3.63) is 71.0 Å². The third-order valence-electron chi connectivity index (χ3n) is 6.59. The van der Waals surface area contributed by atoms with Gasteiger partial charge >= 0.3 is 0 Å². The third-order valence-corrected chi connectivity index (χ3v) is 6.59. The molecule has 2 saturated heterocycles. The second-order valence-electron chi connectivity index (χ2n) is 9.05. The Morgan fingerprint density at radius 3 is 2.23 bits per heavy atom. The molecule has 0 unspecified atom stereocenters. The molecule has 4 rings (SSSR count). The fraction of sp³-hybridized carbons (Fsp3) is 0.500. The summed E-state index contributed by atoms with van der Waals surface area (Å²) in [4.78, 5) is 17.6. The number of carbonyl (C=O) groups excluding carboxylic acids is 1. The van der Waals surface area contributed by atoms with Crippen molar-refractivity contribution in [2.24, 2.45) is 5.92 Å². The van der Waals surface area contributed by atoms with Gasteiger partial charge in [0.25, 0.3) is 0 Å². The molecule has 5 heteroatoms. The molecule has 0 spiro atoms. The number of carbonyl (C=O) groups is 1. The molecule has 31 heavy (non-hydrogen) atoms. The van der Waals surface area contributed by atoms with Crippen molar-refractivity contribution in [3.63, 3.8) is 0 Å². The Balaban J connectivity index is 1.20. The van der Waals surface area contributed by atoms with Crippen molar-refractivity contribution in [2.45, 2.75) is 51.7 Å². The molecule has 2 heterocycles. The van der Waals surface area contributed by atoms with Gasteiger partial charge in [0, 0.05) is 25.6 Å². The molecule has 1 amide bonds. The lowest BCUT2D eigenvalue weighted by Gasteiger charge is -2.31. The van der Waals surface area contributed by atoms with E-state index in [1.807, 2.05) is 12.1 Å². The minimum atomic E-state index is -0.198. The van der Waals surface area contributed by atoms with Crippen LogP contribution in [-0.2, 0) is 24.4 Å². The summed E-state index contributed by atoms with van der Waals surface area (Å²) in [5.74, 6) is 0.0556. The van der Waals surface area contributed by atoms with E-state index in [1.54, 1.807) is 0 Å². The summed E-state index contributed by atoms with van der Waals surface area (Å²) in [7, 11) is 0. The summed E-state index contributed by atoms with van der Waals surface area (Å²) >= 11 is 0. The van der Waals surface area contributed by atoms with E-state index in [0.29, 0.717) is 6.54 Å². The number of amides is 1. The summed E-state index contributed by atoms with van der Waals surface area (Å²) in [5.41, 5.74) is 3.63. The quantitative estimate of drug-likeness (QED) is 0.720. The maximum Gasteiger partial charge on any atom is 0.223 e. The van der Waals surface area contributed by atoms with Crippen molar-refractivity contribution < 1.29 is 9.18 Å². The highest BCUT2D eigenvalue weighted by Gasteiger charge is 2.24. The van der Waals surface area contributed by atoms with Crippen LogP contribution >= 0.6 is 0 Å². The van der Waals surface area contributed by atoms with Gasteiger partial charge in [-0.05, 0) is 80.7 Å². The maximum absolute atomic E-state index is 13.1. The highest BCUT2D eigenvalue weighted by Crippen LogP contribution is 2.20. The van der Waals surface area contributed by atoms with Crippen LogP contribution in [0, 0.1) is 11.7 Å². The molecule has 4 nitrogen and oxygen atoms in total. The Morgan fingerprint density at radius 2 is 1.48 bits per heavy atom. The van der Waals surface area contributed by atoms with E-state index >= 15 is 0 Å². The topological polar surface area (TPSA) is 35.6 Å². The van der Waals surface area contributed by atoms with Crippen molar-refractivity contribution in [1.29, 1.82) is 0 Å². The maximum atomic E-state index is 13.1. The highest BCUT2D eigenvalue weighted by atomic mass is 19.1. The number of hydrogen-bond acceptors (Lipinski definition) is 3. The second-order valence-corrected chi connectivity index (χ2v) is 9.05. The smallest absolute Gasteiger partial charge is 0.223 e. The SMILES string of the molecule is O=C(NCc1cccc(CN2CCCCC2)c1)C1CCN(Cc2ccc(F)cc2)CC1. The average Bonchev–Trinajstić information content (AvgIpc) is 2.80. The Labute approximate surface area is 185 Å². The van der Waals surface area contributed by atoms with Gasteiger partial charge in [0.05, 0.1) is 0 Å². The van der Waals surface area contributed by atoms with E-state index in [2.05, 4.69) is 39.4 Å². The van der Waals surface area contributed by atoms with Crippen LogP contribution in [0.4, 0.5) is 4.39 Å². The molecule has 0 bridgehead atoms. The molecule has 2 aliphatic rings. The van der Waals surface area contributed by atoms with E-state index < -0.39 is 0 Å². The van der Waals surface area contributed by atoms with Gasteiger partial charge in [-0.1, -0.05) is 42.8 Å². The first-order chi connectivity index (χ1) is 15.2. The monoisotopic (exact) mass is 423 g/mol. The van der Waals surface area contributed by atoms with Gasteiger partial charge in [-0.3, -0.25) is 14.6 Å². The summed E-state index contributed by atoms with van der Waals surface area (Å²) in [6.45, 7) is 6.62. The fourth-order valence-electron chi connectivity index (χ4n) is 4.75. The molecule has 0 aliphatic carbocycles. The van der Waals surface area contributed by atoms with Crippen molar-refractivity contribution in [2.75, 3.05) is 26.2 Å². The normalized spacial score (nSPS) is 18.7. The largest absolute Gasteiger partial charge is 0.352 e. The second kappa shape index (κ2) is 10.9. The lowest BCUT2D eigenvalue weighted by atomic mass is 9.95. The zero-order valence-corrected chi connectivity index (χ0v) is 18.4. The molecule has 0 aromatic heterocycles. The summed E-state index contributed by atoms with van der Waals surface area (Å²) in [5, 5.41) is 3.16. The van der Waals surface area contributed by atoms with Gasteiger partial charge in [0.15, 0.2) is 0 Å². The van der Waals surface area contributed by atoms with Crippen molar-refractivity contribution in [1.82, 2.24) is 15.1 Å². The van der Waals surface area contributed by atoms with E-state index in [9.17, 15) is 9.18 Å². The van der Waals surface area contributed by atoms with E-state index in [1.165, 1.54) is 55.6 Å². The average molecular weight is 424 g/mol. The van der Waals surface area contributed by atoms with Crippen molar-refractivity contribution >= 4 is 5.91 Å². The molecular formula is C26H34FN3O. The number of nitrogens with one attached hydrogen (secondary N) is 1. The lowest BCUT2D eigenvalue weighted by Crippen LogP contribution is -2.40. The molecular weight excluding hydrogens is 389 g/mol. The van der Waals surface area contributed by atoms with Gasteiger partial charge in [0.1, 0.15) is 5.82 Å². The first kappa shape index (κ1) is 22.0. The molecule has 0 atom stereocenters. The number of nitrogens with zero attached hydrogens (tertiary/aromatic N) is 2. The first-order valence-electron chi connectivity index (χ1n) is 11.7. The molecule has 0 saturated carbocycles. The van der Waals surface area contributed by atoms with Gasteiger partial charge in [0.2, 0.25) is 5.91 Å². The first-order valence-corrected chi connectivity index (χ1v) is 11.7. The lowest BCUT2D eigenvalue weighted by molar-refractivity contribution is -0.126. The van der Waals surface area contributed by atoms with E-state index in [-0.39, 0.29) is 17.6 Å². The van der Waals surface area contributed by atoms with E-state index in [0.717, 1.165) is 44.6 Å². The number of halogens is 1. The number of piperidine rings is 2. The van der Waals surface area contributed by atoms with Gasteiger partial charge in [-0.25, -0.2) is 4.39 Å². The van der Waals surface area contributed by atoms with Crippen LogP contribution in [0.5, 0.6) is 0 Å². The van der Waals surface area contributed by atoms with Crippen LogP contribution in [0.2, 0.25) is 0 Å². The van der Waals surface area contributed by atoms with Crippen LogP contribution in [0.25, 0.3) is 0 Å². The van der Waals surface area contributed by atoms with Crippen LogP contribution in [0.3, 0.4) is 0 Å². The van der Waals surface area contributed by atoms with Crippen molar-refractivity contribution in [3.8, 4) is 0 Å². The van der Waals surface area contributed by atoms with E-state index in [4.69, 9.17) is 0 Å². The van der Waals surface area contributed by atoms with Gasteiger partial charge in [-0.15, -0.1) is 0 Å². The van der Waals surface area contributed by atoms with Crippen LogP contribution in [-0.4, -0.2) is 41.9 Å². The number of likely N-dealkylation sites (tertiary alicyclic amines) is 2. The zero-order valence-electron chi connectivity index (χ0n) is 18.4. The predicted molar refractivity (Wildman–Crippen MR) is 122 cm³/mol. The molecule has 2 aliphatic heterocycles. The predicted octanol–water partition coefficient (Wildman–Crippen LogP) is 4.34. The Hall–Kier alpha value is -2.24. The molecule has 2 fully saturated rings. The van der Waals surface area contributed by atoms with Crippen LogP contribution in [0.15, 0.2) is 48.5 Å². The molecule has 2 aromatic rings. The minimum Gasteiger partial charge on any atom is -0.352 e. The van der Waals surface area contributed by atoms with Gasteiger partial charge < -0.3 is 5.32 Å².